The molecule has 0 aliphatic rings. The van der Waals surface area contributed by atoms with Gasteiger partial charge in [0.2, 0.25) is 0 Å². The number of nitrogens with one attached hydrogen (secondary N) is 1. The van der Waals surface area contributed by atoms with Gasteiger partial charge in [0.1, 0.15) is 0 Å². The van der Waals surface area contributed by atoms with Crippen LogP contribution in [-0.2, 0) is 11.2 Å². The van der Waals surface area contributed by atoms with E-state index in [1.165, 1.54) is 0 Å². The Morgan fingerprint density at radius 3 is 1.86 bits per heavy atom. The van der Waals surface area contributed by atoms with Crippen LogP contribution in [-0.4, -0.2) is 8.24 Å². The molecule has 0 aromatic heterocycles. The molecule has 4 heteroatoms. The second-order valence-corrected chi connectivity index (χ2v) is 8.52. The van der Waals surface area contributed by atoms with Crippen molar-refractivity contribution in [2.75, 3.05) is 0 Å². The number of hydrogen-bond acceptors (Lipinski definition) is 1. The van der Waals surface area contributed by atoms with Crippen molar-refractivity contribution >= 4 is 30.1 Å². The van der Waals surface area contributed by atoms with Gasteiger partial charge in [-0.3, -0.25) is 0 Å². The molecule has 7 heavy (non-hydrogen) atoms. The predicted molar refractivity (Wildman–Crippen MR) is 41.1 cm³/mol. The molecule has 0 bridgehead atoms. The van der Waals surface area contributed by atoms with Gasteiger partial charge in [-0.15, -0.1) is 0 Å². The van der Waals surface area contributed by atoms with Crippen molar-refractivity contribution in [2.45, 2.75) is 19.6 Å². The highest BCUT2D eigenvalue weighted by Gasteiger charge is 2.15. The van der Waals surface area contributed by atoms with E-state index in [1.54, 1.807) is 0 Å². The van der Waals surface area contributed by atoms with Crippen LogP contribution in [0.2, 0.25) is 19.6 Å². The van der Waals surface area contributed by atoms with Gasteiger partial charge >= 0.3 is 0 Å². The molecule has 1 nitrogen and oxygen atoms in total. The zero-order chi connectivity index (χ0) is 5.91. The van der Waals surface area contributed by atoms with Crippen LogP contribution in [0.15, 0.2) is 0 Å². The van der Waals surface area contributed by atoms with Crippen molar-refractivity contribution < 1.29 is 0 Å². The molecule has 0 saturated heterocycles. The Morgan fingerprint density at radius 1 is 1.43 bits per heavy atom. The summed E-state index contributed by atoms with van der Waals surface area (Å²) in [5, 5.41) is 0. The second kappa shape index (κ2) is 2.97. The lowest BCUT2D eigenvalue weighted by atomic mass is 11.8. The van der Waals surface area contributed by atoms with Gasteiger partial charge in [-0.05, 0) is 0 Å². The zero-order valence-electron chi connectivity index (χ0n) is 4.83. The summed E-state index contributed by atoms with van der Waals surface area (Å²) < 4.78 is 3.16. The Bertz CT molecular complexity index is 53.4. The number of thiol groups is 1. The number of rotatable bonds is 2. The van der Waals surface area contributed by atoms with Crippen molar-refractivity contribution in [3.05, 3.63) is 0 Å². The SMILES string of the molecule is C[Si](C)(C)N[SH+]Cl. The summed E-state index contributed by atoms with van der Waals surface area (Å²) >= 11 is 0.793. The van der Waals surface area contributed by atoms with Gasteiger partial charge in [-0.25, -0.2) is 0 Å². The van der Waals surface area contributed by atoms with Crippen molar-refractivity contribution in [1.82, 2.24) is 4.39 Å². The average Bonchev–Trinajstić information content (AvgIpc) is 1.30. The van der Waals surface area contributed by atoms with E-state index in [-0.39, 0.29) is 0 Å². The average molecular weight is 157 g/mol. The third-order valence-corrected chi connectivity index (χ3v) is 4.16. The van der Waals surface area contributed by atoms with Crippen molar-refractivity contribution in [2.24, 2.45) is 0 Å². The molecule has 0 unspecified atom stereocenters. The summed E-state index contributed by atoms with van der Waals surface area (Å²) in [6.07, 6.45) is 0. The molecule has 1 N–H and O–H groups in total. The third-order valence-electron chi connectivity index (χ3n) is 0.378. The van der Waals surface area contributed by atoms with E-state index in [0.717, 1.165) is 11.2 Å². The van der Waals surface area contributed by atoms with E-state index in [9.17, 15) is 0 Å². The standard InChI is InChI=1S/C3H10ClNSSi/c1-7(2,3)5-6-4/h5H,1-3H3/p+1. The van der Waals surface area contributed by atoms with Crippen LogP contribution in [0.5, 0.6) is 0 Å². The second-order valence-electron chi connectivity index (χ2n) is 2.45. The largest absolute Gasteiger partial charge is 0.197 e. The van der Waals surface area contributed by atoms with Gasteiger partial charge < -0.3 is 0 Å². The maximum absolute atomic E-state index is 5.38. The van der Waals surface area contributed by atoms with Crippen molar-refractivity contribution in [3.8, 4) is 0 Å². The van der Waals surface area contributed by atoms with E-state index in [1.807, 2.05) is 0 Å². The zero-order valence-corrected chi connectivity index (χ0v) is 7.48. The summed E-state index contributed by atoms with van der Waals surface area (Å²) in [7, 11) is 4.33. The molecular formula is C3H11ClNSSi+. The van der Waals surface area contributed by atoms with Gasteiger partial charge in [0.15, 0.2) is 30.1 Å². The smallest absolute Gasteiger partial charge is 0.153 e. The predicted octanol–water partition coefficient (Wildman–Crippen LogP) is 1.29. The van der Waals surface area contributed by atoms with Crippen molar-refractivity contribution in [3.63, 3.8) is 0 Å². The van der Waals surface area contributed by atoms with Crippen LogP contribution in [0.3, 0.4) is 0 Å². The quantitative estimate of drug-likeness (QED) is 0.361. The molecule has 0 aromatic carbocycles. The van der Waals surface area contributed by atoms with Crippen LogP contribution in [0.1, 0.15) is 0 Å². The van der Waals surface area contributed by atoms with Gasteiger partial charge in [0.25, 0.3) is 0 Å². The molecule has 0 aliphatic heterocycles. The summed E-state index contributed by atoms with van der Waals surface area (Å²) in [6, 6.07) is 0. The summed E-state index contributed by atoms with van der Waals surface area (Å²) in [6.45, 7) is 6.63. The number of hydrogen-bond donors (Lipinski definition) is 1. The van der Waals surface area contributed by atoms with E-state index < -0.39 is 8.24 Å². The molecule has 0 atom stereocenters. The minimum absolute atomic E-state index is 0.793. The van der Waals surface area contributed by atoms with E-state index in [0.29, 0.717) is 0 Å². The molecule has 0 fully saturated rings. The van der Waals surface area contributed by atoms with Crippen LogP contribution in [0, 0.1) is 0 Å². The maximum atomic E-state index is 5.38. The first kappa shape index (κ1) is 7.82. The first-order valence-electron chi connectivity index (χ1n) is 2.14. The highest BCUT2D eigenvalue weighted by Crippen LogP contribution is 1.94. The first-order chi connectivity index (χ1) is 3.06. The Hall–Kier alpha value is 0.817. The molecule has 0 aromatic rings. The lowest BCUT2D eigenvalue weighted by Crippen LogP contribution is -2.38. The Kier molecular flexibility index (Phi) is 3.31. The molecule has 44 valence electrons. The fourth-order valence-electron chi connectivity index (χ4n) is 0.127. The summed E-state index contributed by atoms with van der Waals surface area (Å²) in [5.41, 5.74) is 0. The fraction of sp³-hybridized carbons (Fsp3) is 1.00. The number of halogens is 1. The monoisotopic (exact) mass is 156 g/mol. The van der Waals surface area contributed by atoms with Crippen LogP contribution < -0.4 is 4.39 Å². The van der Waals surface area contributed by atoms with E-state index in [4.69, 9.17) is 10.7 Å². The maximum Gasteiger partial charge on any atom is 0.197 e. The minimum atomic E-state index is -1.05. The Balaban J connectivity index is 3.15. The van der Waals surface area contributed by atoms with Gasteiger partial charge in [0.05, 0.1) is 0 Å². The highest BCUT2D eigenvalue weighted by molar-refractivity contribution is 8.02. The highest BCUT2D eigenvalue weighted by atomic mass is 35.7. The topological polar surface area (TPSA) is 12.0 Å². The molecule has 0 rings (SSSR count). The van der Waals surface area contributed by atoms with Gasteiger partial charge in [-0.2, -0.15) is 4.39 Å². The van der Waals surface area contributed by atoms with Crippen LogP contribution in [0.4, 0.5) is 0 Å². The fourth-order valence-corrected chi connectivity index (χ4v) is 3.42. The molecule has 0 radical (unpaired) electrons. The lowest BCUT2D eigenvalue weighted by Gasteiger charge is -2.06. The molecule has 0 spiro atoms. The van der Waals surface area contributed by atoms with Gasteiger partial charge in [-0.1, -0.05) is 19.6 Å². The molecule has 0 amide bonds. The van der Waals surface area contributed by atoms with E-state index in [2.05, 4.69) is 24.0 Å². The van der Waals surface area contributed by atoms with E-state index >= 15 is 0 Å². The van der Waals surface area contributed by atoms with Crippen LogP contribution in [0.25, 0.3) is 0 Å². The molecule has 0 saturated carbocycles. The van der Waals surface area contributed by atoms with Crippen molar-refractivity contribution in [1.29, 1.82) is 0 Å². The molecule has 0 aliphatic carbocycles. The molecule has 0 heterocycles. The third kappa shape index (κ3) is 6.82. The normalized spacial score (nSPS) is 12.0. The first-order valence-corrected chi connectivity index (χ1v) is 7.44. The minimum Gasteiger partial charge on any atom is -0.153 e. The van der Waals surface area contributed by atoms with Crippen LogP contribution >= 0.6 is 10.7 Å². The Labute approximate surface area is 54.5 Å². The Morgan fingerprint density at radius 2 is 1.86 bits per heavy atom. The van der Waals surface area contributed by atoms with Gasteiger partial charge in [0, 0.05) is 0 Å². The lowest BCUT2D eigenvalue weighted by molar-refractivity contribution is 1.46. The summed E-state index contributed by atoms with van der Waals surface area (Å²) in [5.74, 6) is 0. The molecular weight excluding hydrogens is 146 g/mol. The summed E-state index contributed by atoms with van der Waals surface area (Å²) in [4.78, 5) is 0.